The predicted molar refractivity (Wildman–Crippen MR) is 163 cm³/mol. The van der Waals surface area contributed by atoms with E-state index in [4.69, 9.17) is 9.47 Å². The molecule has 0 saturated carbocycles. The van der Waals surface area contributed by atoms with Gasteiger partial charge in [-0.1, -0.05) is 60.2 Å². The molecule has 10 heteroatoms. The number of hydrogen-bond acceptors (Lipinski definition) is 6. The van der Waals surface area contributed by atoms with E-state index in [0.717, 1.165) is 22.9 Å². The third-order valence-corrected chi connectivity index (χ3v) is 8.13. The molecule has 42 heavy (non-hydrogen) atoms. The average Bonchev–Trinajstić information content (AvgIpc) is 3.40. The van der Waals surface area contributed by atoms with E-state index in [1.165, 1.54) is 4.31 Å². The first-order valence-corrected chi connectivity index (χ1v) is 15.9. The molecule has 3 aromatic rings. The summed E-state index contributed by atoms with van der Waals surface area (Å²) in [5.41, 5.74) is 3.34. The number of nitrogens with zero attached hydrogens (tertiary/aromatic N) is 2. The highest BCUT2D eigenvalue weighted by Gasteiger charge is 2.31. The molecule has 3 aromatic carbocycles. The van der Waals surface area contributed by atoms with E-state index in [0.29, 0.717) is 23.6 Å². The fraction of sp³-hybridized carbons (Fsp3) is 0.375. The summed E-state index contributed by atoms with van der Waals surface area (Å²) in [6, 6.07) is 21.6. The maximum atomic E-state index is 13.9. The van der Waals surface area contributed by atoms with Crippen LogP contribution in [-0.2, 0) is 32.6 Å². The van der Waals surface area contributed by atoms with Gasteiger partial charge in [0.2, 0.25) is 28.6 Å². The molecule has 1 aliphatic heterocycles. The number of amides is 2. The largest absolute Gasteiger partial charge is 0.454 e. The molecule has 0 aromatic heterocycles. The van der Waals surface area contributed by atoms with Crippen molar-refractivity contribution in [3.05, 3.63) is 89.5 Å². The second-order valence-corrected chi connectivity index (χ2v) is 12.8. The predicted octanol–water partition coefficient (Wildman–Crippen LogP) is 4.43. The summed E-state index contributed by atoms with van der Waals surface area (Å²) in [6.45, 7) is 6.18. The summed E-state index contributed by atoms with van der Waals surface area (Å²) < 4.78 is 37.5. The minimum Gasteiger partial charge on any atom is -0.454 e. The topological polar surface area (TPSA) is 105 Å². The number of ether oxygens (including phenoxy) is 2. The minimum absolute atomic E-state index is 0.0582. The minimum atomic E-state index is -3.64. The molecule has 1 N–H and O–H groups in total. The monoisotopic (exact) mass is 593 g/mol. The van der Waals surface area contributed by atoms with Crippen molar-refractivity contribution in [2.75, 3.05) is 23.9 Å². The van der Waals surface area contributed by atoms with Gasteiger partial charge in [0.05, 0.1) is 11.9 Å². The summed E-state index contributed by atoms with van der Waals surface area (Å²) >= 11 is 0. The first kappa shape index (κ1) is 30.9. The van der Waals surface area contributed by atoms with E-state index < -0.39 is 16.1 Å². The van der Waals surface area contributed by atoms with Gasteiger partial charge in [0.1, 0.15) is 6.04 Å². The summed E-state index contributed by atoms with van der Waals surface area (Å²) in [5, 5.41) is 2.99. The van der Waals surface area contributed by atoms with Gasteiger partial charge in [-0.15, -0.1) is 0 Å². The van der Waals surface area contributed by atoms with Gasteiger partial charge >= 0.3 is 0 Å². The van der Waals surface area contributed by atoms with Gasteiger partial charge in [0.25, 0.3) is 0 Å². The molecule has 2 amide bonds. The van der Waals surface area contributed by atoms with Crippen LogP contribution in [0, 0.1) is 6.92 Å². The van der Waals surface area contributed by atoms with Crippen molar-refractivity contribution in [2.45, 2.75) is 58.7 Å². The highest BCUT2D eigenvalue weighted by Crippen LogP contribution is 2.36. The van der Waals surface area contributed by atoms with Crippen molar-refractivity contribution >= 4 is 27.5 Å². The number of sulfonamides is 1. The Morgan fingerprint density at radius 2 is 1.64 bits per heavy atom. The normalized spacial score (nSPS) is 13.1. The lowest BCUT2D eigenvalue weighted by Crippen LogP contribution is -2.51. The summed E-state index contributed by atoms with van der Waals surface area (Å²) in [4.78, 5) is 29.1. The van der Waals surface area contributed by atoms with Crippen molar-refractivity contribution in [1.82, 2.24) is 10.2 Å². The van der Waals surface area contributed by atoms with Gasteiger partial charge in [0, 0.05) is 38.0 Å². The number of aryl methyl sites for hydroxylation is 1. The van der Waals surface area contributed by atoms with Crippen molar-refractivity contribution in [3.63, 3.8) is 0 Å². The quantitative estimate of drug-likeness (QED) is 0.314. The van der Waals surface area contributed by atoms with E-state index in [-0.39, 0.29) is 50.6 Å². The molecule has 0 fully saturated rings. The highest BCUT2D eigenvalue weighted by molar-refractivity contribution is 7.92. The maximum absolute atomic E-state index is 13.9. The number of nitrogens with one attached hydrogen (secondary N) is 1. The van der Waals surface area contributed by atoms with Crippen molar-refractivity contribution in [2.24, 2.45) is 0 Å². The van der Waals surface area contributed by atoms with E-state index in [1.807, 2.05) is 75.4 Å². The lowest BCUT2D eigenvalue weighted by atomic mass is 10.0. The third kappa shape index (κ3) is 8.25. The van der Waals surface area contributed by atoms with Crippen LogP contribution >= 0.6 is 0 Å². The van der Waals surface area contributed by atoms with Gasteiger partial charge in [-0.25, -0.2) is 8.42 Å². The Labute approximate surface area is 248 Å². The van der Waals surface area contributed by atoms with Crippen molar-refractivity contribution in [3.8, 4) is 11.5 Å². The number of carbonyl (C=O) groups is 2. The number of hydrogen-bond donors (Lipinski definition) is 1. The van der Waals surface area contributed by atoms with Gasteiger partial charge in [-0.3, -0.25) is 13.9 Å². The van der Waals surface area contributed by atoms with Crippen molar-refractivity contribution < 1.29 is 27.5 Å². The SMILES string of the molecule is Cc1cccc(CN(C(=O)CCCN(c2ccc3c(c2)OCO3)S(C)(=O)=O)[C@@H](Cc2ccccc2)C(=O)NC(C)C)c1. The number of benzene rings is 3. The first-order chi connectivity index (χ1) is 20.0. The molecule has 1 atom stereocenters. The lowest BCUT2D eigenvalue weighted by molar-refractivity contribution is -0.141. The molecule has 4 rings (SSSR count). The molecule has 0 radical (unpaired) electrons. The van der Waals surface area contributed by atoms with Gasteiger partial charge in [-0.2, -0.15) is 0 Å². The first-order valence-electron chi connectivity index (χ1n) is 14.1. The fourth-order valence-electron chi connectivity index (χ4n) is 4.99. The molecule has 0 spiro atoms. The molecule has 1 aliphatic rings. The summed E-state index contributed by atoms with van der Waals surface area (Å²) in [5.74, 6) is 0.572. The van der Waals surface area contributed by atoms with Crippen molar-refractivity contribution in [1.29, 1.82) is 0 Å². The number of carbonyl (C=O) groups excluding carboxylic acids is 2. The van der Waals surface area contributed by atoms with E-state index in [9.17, 15) is 18.0 Å². The van der Waals surface area contributed by atoms with Crippen LogP contribution in [0.2, 0.25) is 0 Å². The molecule has 0 bridgehead atoms. The second-order valence-electron chi connectivity index (χ2n) is 10.9. The third-order valence-electron chi connectivity index (χ3n) is 6.93. The summed E-state index contributed by atoms with van der Waals surface area (Å²) in [6.07, 6.45) is 1.80. The van der Waals surface area contributed by atoms with Crippen LogP contribution in [0.4, 0.5) is 5.69 Å². The molecule has 0 aliphatic carbocycles. The van der Waals surface area contributed by atoms with Gasteiger partial charge in [0.15, 0.2) is 11.5 Å². The van der Waals surface area contributed by atoms with Crippen LogP contribution in [0.3, 0.4) is 0 Å². The Morgan fingerprint density at radius 1 is 0.929 bits per heavy atom. The highest BCUT2D eigenvalue weighted by atomic mass is 32.2. The standard InChI is InChI=1S/C32H39N3O6S/c1-23(2)33-32(37)28(19-25-11-6-5-7-12-25)34(21-26-13-8-10-24(3)18-26)31(36)14-9-17-35(42(4,38)39)27-15-16-29-30(20-27)41-22-40-29/h5-8,10-13,15-16,18,20,23,28H,9,14,17,19,21-22H2,1-4H3,(H,33,37)/t28-/m0/s1. The molecular formula is C32H39N3O6S. The molecule has 0 unspecified atom stereocenters. The maximum Gasteiger partial charge on any atom is 0.243 e. The Balaban J connectivity index is 1.57. The number of fused-ring (bicyclic) bond motifs is 1. The summed E-state index contributed by atoms with van der Waals surface area (Å²) in [7, 11) is -3.64. The van der Waals surface area contributed by atoms with Gasteiger partial charge < -0.3 is 19.7 Å². The van der Waals surface area contributed by atoms with E-state index >= 15 is 0 Å². The van der Waals surface area contributed by atoms with Crippen LogP contribution in [0.1, 0.15) is 43.4 Å². The number of rotatable bonds is 13. The fourth-order valence-corrected chi connectivity index (χ4v) is 5.94. The lowest BCUT2D eigenvalue weighted by Gasteiger charge is -2.32. The zero-order valence-corrected chi connectivity index (χ0v) is 25.4. The smallest absolute Gasteiger partial charge is 0.243 e. The number of anilines is 1. The molecule has 224 valence electrons. The van der Waals surface area contributed by atoms with E-state index in [1.54, 1.807) is 23.1 Å². The Hall–Kier alpha value is -4.05. The molecule has 9 nitrogen and oxygen atoms in total. The van der Waals surface area contributed by atoms with Crippen LogP contribution in [0.25, 0.3) is 0 Å². The van der Waals surface area contributed by atoms with Crippen LogP contribution in [0.5, 0.6) is 11.5 Å². The zero-order valence-electron chi connectivity index (χ0n) is 24.6. The Kier molecular flexibility index (Phi) is 10.1. The Morgan fingerprint density at radius 3 is 2.33 bits per heavy atom. The van der Waals surface area contributed by atoms with E-state index in [2.05, 4.69) is 5.32 Å². The second kappa shape index (κ2) is 13.7. The van der Waals surface area contributed by atoms with Crippen LogP contribution in [0.15, 0.2) is 72.8 Å². The van der Waals surface area contributed by atoms with Crippen LogP contribution in [-0.4, -0.2) is 56.8 Å². The van der Waals surface area contributed by atoms with Gasteiger partial charge in [-0.05, 0) is 50.5 Å². The zero-order chi connectivity index (χ0) is 30.3. The average molecular weight is 594 g/mol. The molecule has 1 heterocycles. The molecule has 0 saturated heterocycles. The Bertz CT molecular complexity index is 1490. The molecular weight excluding hydrogens is 554 g/mol. The van der Waals surface area contributed by atoms with Crippen LogP contribution < -0.4 is 19.1 Å².